The number of carbonyl (C=O) groups is 1. The lowest BCUT2D eigenvalue weighted by Crippen LogP contribution is -2.62. The molecule has 0 aromatic rings. The van der Waals surface area contributed by atoms with Gasteiger partial charge in [0.1, 0.15) is 0 Å². The summed E-state index contributed by atoms with van der Waals surface area (Å²) in [5.41, 5.74) is 0.576. The number of nitrogens with one attached hydrogen (secondary N) is 1. The Morgan fingerprint density at radius 2 is 2.20 bits per heavy atom. The largest absolute Gasteiger partial charge is 0.378 e. The molecular formula is C11H20N2O2. The first-order chi connectivity index (χ1) is 7.13. The van der Waals surface area contributed by atoms with Crippen molar-refractivity contribution in [2.24, 2.45) is 5.41 Å². The zero-order chi connectivity index (χ0) is 10.9. The molecule has 1 amide bonds. The van der Waals surface area contributed by atoms with Crippen LogP contribution < -0.4 is 5.32 Å². The first-order valence-electron chi connectivity index (χ1n) is 5.64. The van der Waals surface area contributed by atoms with Gasteiger partial charge in [0.15, 0.2) is 0 Å². The minimum Gasteiger partial charge on any atom is -0.378 e. The van der Waals surface area contributed by atoms with Crippen LogP contribution in [0.25, 0.3) is 0 Å². The van der Waals surface area contributed by atoms with Crippen molar-refractivity contribution in [2.45, 2.75) is 25.4 Å². The average Bonchev–Trinajstić information content (AvgIpc) is 2.11. The van der Waals surface area contributed by atoms with Crippen LogP contribution in [0, 0.1) is 5.41 Å². The van der Waals surface area contributed by atoms with Gasteiger partial charge in [0.05, 0.1) is 12.7 Å². The van der Waals surface area contributed by atoms with E-state index in [2.05, 4.69) is 17.3 Å². The van der Waals surface area contributed by atoms with Crippen LogP contribution in [0.2, 0.25) is 0 Å². The van der Waals surface area contributed by atoms with E-state index in [1.54, 1.807) is 7.05 Å². The summed E-state index contributed by atoms with van der Waals surface area (Å²) >= 11 is 0. The number of ether oxygens (including phenoxy) is 1. The summed E-state index contributed by atoms with van der Waals surface area (Å²) in [6.07, 6.45) is 3.26. The molecule has 2 aliphatic rings. The van der Waals surface area contributed by atoms with E-state index in [-0.39, 0.29) is 5.91 Å². The van der Waals surface area contributed by atoms with Gasteiger partial charge >= 0.3 is 0 Å². The molecule has 0 atom stereocenters. The maximum absolute atomic E-state index is 10.9. The summed E-state index contributed by atoms with van der Waals surface area (Å²) in [5, 5.41) is 2.59. The van der Waals surface area contributed by atoms with E-state index in [1.807, 2.05) is 0 Å². The number of likely N-dealkylation sites (tertiary alicyclic amines) is 1. The van der Waals surface area contributed by atoms with Crippen molar-refractivity contribution in [1.29, 1.82) is 0 Å². The molecule has 4 nitrogen and oxygen atoms in total. The van der Waals surface area contributed by atoms with E-state index < -0.39 is 0 Å². The number of amides is 1. The summed E-state index contributed by atoms with van der Waals surface area (Å²) < 4.78 is 5.64. The van der Waals surface area contributed by atoms with Crippen LogP contribution in [0.3, 0.4) is 0 Å². The first-order valence-corrected chi connectivity index (χ1v) is 5.64. The topological polar surface area (TPSA) is 41.6 Å². The quantitative estimate of drug-likeness (QED) is 0.725. The van der Waals surface area contributed by atoms with Crippen LogP contribution in [0.4, 0.5) is 0 Å². The lowest BCUT2D eigenvalue weighted by Gasteiger charge is -2.57. The lowest BCUT2D eigenvalue weighted by atomic mass is 9.62. The average molecular weight is 212 g/mol. The van der Waals surface area contributed by atoms with Gasteiger partial charge in [-0.25, -0.2) is 0 Å². The molecule has 0 aromatic carbocycles. The normalized spacial score (nSPS) is 24.7. The molecule has 1 saturated carbocycles. The highest BCUT2D eigenvalue weighted by Crippen LogP contribution is 2.48. The van der Waals surface area contributed by atoms with Gasteiger partial charge in [-0.3, -0.25) is 4.79 Å². The summed E-state index contributed by atoms with van der Waals surface area (Å²) in [6.45, 7) is 3.01. The van der Waals surface area contributed by atoms with Crippen LogP contribution in [0.15, 0.2) is 0 Å². The molecule has 4 heteroatoms. The van der Waals surface area contributed by atoms with Gasteiger partial charge in [0.2, 0.25) is 5.91 Å². The predicted molar refractivity (Wildman–Crippen MR) is 57.6 cm³/mol. The SMILES string of the molecule is CNC(=O)CCOC1CC2(C1)CN(C)C2. The summed E-state index contributed by atoms with van der Waals surface area (Å²) in [5.74, 6) is 0.0624. The Morgan fingerprint density at radius 1 is 1.53 bits per heavy atom. The smallest absolute Gasteiger partial charge is 0.222 e. The Morgan fingerprint density at radius 3 is 2.73 bits per heavy atom. The number of hydrogen-bond acceptors (Lipinski definition) is 3. The molecular weight excluding hydrogens is 192 g/mol. The van der Waals surface area contributed by atoms with Gasteiger partial charge in [0, 0.05) is 32.0 Å². The van der Waals surface area contributed by atoms with Crippen LogP contribution in [0.5, 0.6) is 0 Å². The van der Waals surface area contributed by atoms with Crippen molar-refractivity contribution in [2.75, 3.05) is 33.8 Å². The molecule has 1 spiro atoms. The highest BCUT2D eigenvalue weighted by atomic mass is 16.5. The fourth-order valence-corrected chi connectivity index (χ4v) is 2.82. The molecule has 0 bridgehead atoms. The van der Waals surface area contributed by atoms with Crippen molar-refractivity contribution in [1.82, 2.24) is 10.2 Å². The molecule has 0 aromatic heterocycles. The number of carbonyl (C=O) groups excluding carboxylic acids is 1. The van der Waals surface area contributed by atoms with Gasteiger partial charge in [0.25, 0.3) is 0 Å². The molecule has 1 N–H and O–H groups in total. The third-order valence-corrected chi connectivity index (χ3v) is 3.49. The number of rotatable bonds is 4. The van der Waals surface area contributed by atoms with Crippen molar-refractivity contribution < 1.29 is 9.53 Å². The fraction of sp³-hybridized carbons (Fsp3) is 0.909. The third-order valence-electron chi connectivity index (χ3n) is 3.49. The molecule has 0 radical (unpaired) electrons. The second-order valence-electron chi connectivity index (χ2n) is 5.00. The minimum absolute atomic E-state index is 0.0624. The van der Waals surface area contributed by atoms with Crippen molar-refractivity contribution >= 4 is 5.91 Å². The van der Waals surface area contributed by atoms with Gasteiger partial charge in [-0.15, -0.1) is 0 Å². The second kappa shape index (κ2) is 4.10. The van der Waals surface area contributed by atoms with Gasteiger partial charge in [-0.1, -0.05) is 0 Å². The Bertz CT molecular complexity index is 241. The molecule has 15 heavy (non-hydrogen) atoms. The van der Waals surface area contributed by atoms with Gasteiger partial charge in [-0.05, 0) is 19.9 Å². The van der Waals surface area contributed by atoms with E-state index >= 15 is 0 Å². The van der Waals surface area contributed by atoms with E-state index in [0.717, 1.165) is 0 Å². The van der Waals surface area contributed by atoms with Crippen LogP contribution in [-0.2, 0) is 9.53 Å². The van der Waals surface area contributed by atoms with E-state index in [1.165, 1.54) is 25.9 Å². The maximum atomic E-state index is 10.9. The summed E-state index contributed by atoms with van der Waals surface area (Å²) in [6, 6.07) is 0. The van der Waals surface area contributed by atoms with Crippen molar-refractivity contribution in [3.63, 3.8) is 0 Å². The third kappa shape index (κ3) is 2.32. The van der Waals surface area contributed by atoms with Crippen molar-refractivity contribution in [3.8, 4) is 0 Å². The first kappa shape index (κ1) is 10.9. The fourth-order valence-electron chi connectivity index (χ4n) is 2.82. The molecule has 2 rings (SSSR count). The monoisotopic (exact) mass is 212 g/mol. The zero-order valence-electron chi connectivity index (χ0n) is 9.58. The van der Waals surface area contributed by atoms with Gasteiger partial charge < -0.3 is 15.0 Å². The van der Waals surface area contributed by atoms with Crippen LogP contribution in [-0.4, -0.2) is 50.7 Å². The lowest BCUT2D eigenvalue weighted by molar-refractivity contribution is -0.147. The van der Waals surface area contributed by atoms with E-state index in [9.17, 15) is 4.79 Å². The highest BCUT2D eigenvalue weighted by Gasteiger charge is 2.51. The molecule has 1 aliphatic heterocycles. The molecule has 2 fully saturated rings. The standard InChI is InChI=1S/C11H20N2O2/c1-12-10(14)3-4-15-9-5-11(6-9)7-13(2)8-11/h9H,3-8H2,1-2H3,(H,12,14). The van der Waals surface area contributed by atoms with Crippen molar-refractivity contribution in [3.05, 3.63) is 0 Å². The minimum atomic E-state index is 0.0624. The summed E-state index contributed by atoms with van der Waals surface area (Å²) in [7, 11) is 3.82. The predicted octanol–water partition coefficient (Wildman–Crippen LogP) is 0.233. The Balaban J connectivity index is 1.55. The maximum Gasteiger partial charge on any atom is 0.222 e. The Kier molecular flexibility index (Phi) is 2.98. The molecule has 1 aliphatic carbocycles. The van der Waals surface area contributed by atoms with E-state index in [4.69, 9.17) is 4.74 Å². The molecule has 86 valence electrons. The summed E-state index contributed by atoms with van der Waals surface area (Å²) in [4.78, 5) is 13.3. The van der Waals surface area contributed by atoms with Gasteiger partial charge in [-0.2, -0.15) is 0 Å². The highest BCUT2D eigenvalue weighted by molar-refractivity contribution is 5.75. The van der Waals surface area contributed by atoms with E-state index in [0.29, 0.717) is 24.5 Å². The zero-order valence-corrected chi connectivity index (χ0v) is 9.58. The van der Waals surface area contributed by atoms with Crippen LogP contribution >= 0.6 is 0 Å². The molecule has 0 unspecified atom stereocenters. The Labute approximate surface area is 91.0 Å². The molecule has 1 heterocycles. The second-order valence-corrected chi connectivity index (χ2v) is 5.00. The number of nitrogens with zero attached hydrogens (tertiary/aromatic N) is 1. The molecule has 1 saturated heterocycles. The van der Waals surface area contributed by atoms with Crippen LogP contribution in [0.1, 0.15) is 19.3 Å². The Hall–Kier alpha value is -0.610. The number of hydrogen-bond donors (Lipinski definition) is 1.